The Kier molecular flexibility index (Phi) is 7.53. The van der Waals surface area contributed by atoms with Gasteiger partial charge in [0.05, 0.1) is 17.8 Å². The van der Waals surface area contributed by atoms with Gasteiger partial charge < -0.3 is 5.32 Å². The van der Waals surface area contributed by atoms with Gasteiger partial charge >= 0.3 is 0 Å². The number of nitrogens with zero attached hydrogens (tertiary/aromatic N) is 1. The molecule has 26 heavy (non-hydrogen) atoms. The summed E-state index contributed by atoms with van der Waals surface area (Å²) in [7, 11) is 0. The SMILES string of the molecule is CC(C)C/C(=N/NC(=O)CNC(=O)c1ccccc1Br)c1ccccc1. The molecule has 0 atom stereocenters. The van der Waals surface area contributed by atoms with Gasteiger partial charge in [-0.1, -0.05) is 56.3 Å². The minimum absolute atomic E-state index is 0.145. The Bertz CT molecular complexity index is 789. The van der Waals surface area contributed by atoms with E-state index in [9.17, 15) is 9.59 Å². The molecule has 0 fully saturated rings. The van der Waals surface area contributed by atoms with E-state index < -0.39 is 0 Å². The van der Waals surface area contributed by atoms with Crippen molar-refractivity contribution in [2.45, 2.75) is 20.3 Å². The smallest absolute Gasteiger partial charge is 0.259 e. The third kappa shape index (κ3) is 6.11. The van der Waals surface area contributed by atoms with Gasteiger partial charge in [-0.15, -0.1) is 0 Å². The second-order valence-electron chi connectivity index (χ2n) is 6.22. The van der Waals surface area contributed by atoms with Gasteiger partial charge in [0, 0.05) is 4.47 Å². The van der Waals surface area contributed by atoms with Gasteiger partial charge in [-0.3, -0.25) is 9.59 Å². The number of halogens is 1. The van der Waals surface area contributed by atoms with Crippen LogP contribution >= 0.6 is 15.9 Å². The number of carbonyl (C=O) groups is 2. The lowest BCUT2D eigenvalue weighted by Crippen LogP contribution is -2.35. The second kappa shape index (κ2) is 9.87. The summed E-state index contributed by atoms with van der Waals surface area (Å²) >= 11 is 3.32. The lowest BCUT2D eigenvalue weighted by molar-refractivity contribution is -0.120. The number of hydrogen-bond donors (Lipinski definition) is 2. The van der Waals surface area contributed by atoms with E-state index in [2.05, 4.69) is 45.6 Å². The maximum absolute atomic E-state index is 12.1. The Morgan fingerprint density at radius 3 is 2.35 bits per heavy atom. The van der Waals surface area contributed by atoms with Crippen LogP contribution in [0.15, 0.2) is 64.2 Å². The van der Waals surface area contributed by atoms with Crippen molar-refractivity contribution in [1.82, 2.24) is 10.7 Å². The third-order valence-corrected chi connectivity index (χ3v) is 4.24. The monoisotopic (exact) mass is 415 g/mol. The summed E-state index contributed by atoms with van der Waals surface area (Å²) in [5.74, 6) is -0.286. The van der Waals surface area contributed by atoms with E-state index in [0.717, 1.165) is 17.7 Å². The zero-order chi connectivity index (χ0) is 18.9. The fourth-order valence-electron chi connectivity index (χ4n) is 2.32. The number of carbonyl (C=O) groups excluding carboxylic acids is 2. The topological polar surface area (TPSA) is 70.6 Å². The Morgan fingerprint density at radius 2 is 1.69 bits per heavy atom. The van der Waals surface area contributed by atoms with Crippen LogP contribution in [-0.2, 0) is 4.79 Å². The molecule has 0 saturated heterocycles. The molecule has 0 radical (unpaired) electrons. The van der Waals surface area contributed by atoms with Crippen molar-refractivity contribution >= 4 is 33.5 Å². The first-order chi connectivity index (χ1) is 12.5. The van der Waals surface area contributed by atoms with Crippen LogP contribution in [0.4, 0.5) is 0 Å². The van der Waals surface area contributed by atoms with Gasteiger partial charge in [-0.05, 0) is 46.0 Å². The van der Waals surface area contributed by atoms with E-state index in [1.807, 2.05) is 36.4 Å². The molecule has 0 aromatic heterocycles. The minimum Gasteiger partial charge on any atom is -0.343 e. The number of nitrogens with one attached hydrogen (secondary N) is 2. The largest absolute Gasteiger partial charge is 0.343 e. The van der Waals surface area contributed by atoms with Crippen LogP contribution in [0, 0.1) is 5.92 Å². The molecule has 5 nitrogen and oxygen atoms in total. The lowest BCUT2D eigenvalue weighted by Gasteiger charge is -2.10. The molecule has 0 spiro atoms. The number of amides is 2. The summed E-state index contributed by atoms with van der Waals surface area (Å²) in [4.78, 5) is 24.2. The number of benzene rings is 2. The molecule has 0 bridgehead atoms. The molecule has 2 aromatic carbocycles. The van der Waals surface area contributed by atoms with Crippen LogP contribution in [0.3, 0.4) is 0 Å². The van der Waals surface area contributed by atoms with Gasteiger partial charge in [-0.2, -0.15) is 5.10 Å². The highest BCUT2D eigenvalue weighted by atomic mass is 79.9. The van der Waals surface area contributed by atoms with Crippen LogP contribution < -0.4 is 10.7 Å². The molecule has 2 rings (SSSR count). The highest BCUT2D eigenvalue weighted by Gasteiger charge is 2.11. The highest BCUT2D eigenvalue weighted by molar-refractivity contribution is 9.10. The zero-order valence-electron chi connectivity index (χ0n) is 14.8. The second-order valence-corrected chi connectivity index (χ2v) is 7.07. The predicted molar refractivity (Wildman–Crippen MR) is 107 cm³/mol. The maximum Gasteiger partial charge on any atom is 0.259 e. The summed E-state index contributed by atoms with van der Waals surface area (Å²) in [6.07, 6.45) is 0.744. The van der Waals surface area contributed by atoms with Crippen molar-refractivity contribution in [3.63, 3.8) is 0 Å². The van der Waals surface area contributed by atoms with Crippen LogP contribution in [-0.4, -0.2) is 24.1 Å². The van der Waals surface area contributed by atoms with Crippen molar-refractivity contribution in [3.8, 4) is 0 Å². The van der Waals surface area contributed by atoms with Crippen molar-refractivity contribution < 1.29 is 9.59 Å². The summed E-state index contributed by atoms with van der Waals surface area (Å²) in [5.41, 5.74) is 4.79. The molecule has 0 heterocycles. The van der Waals surface area contributed by atoms with E-state index in [1.165, 1.54) is 0 Å². The summed E-state index contributed by atoms with van der Waals surface area (Å²) in [5, 5.41) is 6.85. The van der Waals surface area contributed by atoms with Gasteiger partial charge in [-0.25, -0.2) is 5.43 Å². The molecule has 6 heteroatoms. The average Bonchev–Trinajstić information content (AvgIpc) is 2.64. The van der Waals surface area contributed by atoms with Crippen molar-refractivity contribution in [3.05, 3.63) is 70.2 Å². The molecule has 2 amide bonds. The molecule has 0 aliphatic carbocycles. The number of hydrazone groups is 1. The molecule has 0 aliphatic heterocycles. The summed E-state index contributed by atoms with van der Waals surface area (Å²) in [6, 6.07) is 16.8. The third-order valence-electron chi connectivity index (χ3n) is 3.55. The van der Waals surface area contributed by atoms with Crippen LogP contribution in [0.1, 0.15) is 36.2 Å². The quantitative estimate of drug-likeness (QED) is 0.533. The predicted octanol–water partition coefficient (Wildman–Crippen LogP) is 3.75. The molecule has 136 valence electrons. The van der Waals surface area contributed by atoms with Crippen LogP contribution in [0.2, 0.25) is 0 Å². The van der Waals surface area contributed by atoms with Gasteiger partial charge in [0.15, 0.2) is 0 Å². The van der Waals surface area contributed by atoms with Crippen molar-refractivity contribution in [1.29, 1.82) is 0 Å². The van der Waals surface area contributed by atoms with E-state index >= 15 is 0 Å². The molecule has 2 aromatic rings. The summed E-state index contributed by atoms with van der Waals surface area (Å²) in [6.45, 7) is 4.05. The fraction of sp³-hybridized carbons (Fsp3) is 0.250. The average molecular weight is 416 g/mol. The Morgan fingerprint density at radius 1 is 1.04 bits per heavy atom. The van der Waals surface area contributed by atoms with E-state index in [0.29, 0.717) is 16.0 Å². The number of hydrogen-bond acceptors (Lipinski definition) is 3. The fourth-order valence-corrected chi connectivity index (χ4v) is 2.78. The Hall–Kier alpha value is -2.47. The molecule has 0 saturated carbocycles. The molecule has 0 unspecified atom stereocenters. The molecule has 2 N–H and O–H groups in total. The normalized spacial score (nSPS) is 11.3. The summed E-state index contributed by atoms with van der Waals surface area (Å²) < 4.78 is 0.680. The van der Waals surface area contributed by atoms with E-state index in [1.54, 1.807) is 18.2 Å². The van der Waals surface area contributed by atoms with Crippen LogP contribution in [0.25, 0.3) is 0 Å². The standard InChI is InChI=1S/C20H22BrN3O2/c1-14(2)12-18(15-8-4-3-5-9-15)23-24-19(25)13-22-20(26)16-10-6-7-11-17(16)21/h3-11,14H,12-13H2,1-2H3,(H,22,26)(H,24,25)/b23-18-. The lowest BCUT2D eigenvalue weighted by atomic mass is 10.0. The minimum atomic E-state index is -0.373. The van der Waals surface area contributed by atoms with Gasteiger partial charge in [0.25, 0.3) is 11.8 Å². The van der Waals surface area contributed by atoms with Crippen LogP contribution in [0.5, 0.6) is 0 Å². The van der Waals surface area contributed by atoms with E-state index in [4.69, 9.17) is 0 Å². The zero-order valence-corrected chi connectivity index (χ0v) is 16.4. The first kappa shape index (κ1) is 19.8. The van der Waals surface area contributed by atoms with Crippen molar-refractivity contribution in [2.24, 2.45) is 11.0 Å². The van der Waals surface area contributed by atoms with Gasteiger partial charge in [0.1, 0.15) is 0 Å². The molecular formula is C20H22BrN3O2. The van der Waals surface area contributed by atoms with Gasteiger partial charge in [0.2, 0.25) is 0 Å². The first-order valence-corrected chi connectivity index (χ1v) is 9.20. The van der Waals surface area contributed by atoms with E-state index in [-0.39, 0.29) is 18.4 Å². The maximum atomic E-state index is 12.1. The molecular weight excluding hydrogens is 394 g/mol. The highest BCUT2D eigenvalue weighted by Crippen LogP contribution is 2.15. The number of rotatable bonds is 7. The first-order valence-electron chi connectivity index (χ1n) is 8.41. The molecule has 0 aliphatic rings. The Labute approximate surface area is 162 Å². The Balaban J connectivity index is 1.96. The van der Waals surface area contributed by atoms with Crippen molar-refractivity contribution in [2.75, 3.05) is 6.54 Å².